The van der Waals surface area contributed by atoms with Crippen LogP contribution in [-0.4, -0.2) is 9.55 Å². The lowest BCUT2D eigenvalue weighted by Crippen LogP contribution is -2.05. The standard InChI is InChI=1S/C21H21F3N2S/c1-14(2)19-11-15(3)26(13-16-7-9-25-10-8-16)20(19)27-18-6-4-5-17(12-18)21(22,23)24/h4-12,14H,13H2,1-3H3. The Hall–Kier alpha value is -2.21. The largest absolute Gasteiger partial charge is 0.416 e. The van der Waals surface area contributed by atoms with Gasteiger partial charge in [0.1, 0.15) is 0 Å². The summed E-state index contributed by atoms with van der Waals surface area (Å²) in [6.07, 6.45) is -0.847. The summed E-state index contributed by atoms with van der Waals surface area (Å²) in [7, 11) is 0. The van der Waals surface area contributed by atoms with Crippen molar-refractivity contribution in [3.05, 3.63) is 77.2 Å². The number of aryl methyl sites for hydroxylation is 1. The van der Waals surface area contributed by atoms with Crippen molar-refractivity contribution in [2.75, 3.05) is 0 Å². The molecule has 2 heterocycles. The fraction of sp³-hybridized carbons (Fsp3) is 0.286. The van der Waals surface area contributed by atoms with Crippen molar-refractivity contribution in [3.63, 3.8) is 0 Å². The highest BCUT2D eigenvalue weighted by atomic mass is 32.2. The summed E-state index contributed by atoms with van der Waals surface area (Å²) in [5.41, 5.74) is 2.71. The van der Waals surface area contributed by atoms with Crippen LogP contribution in [-0.2, 0) is 12.7 Å². The molecular formula is C21H21F3N2S. The second-order valence-electron chi connectivity index (χ2n) is 6.77. The van der Waals surface area contributed by atoms with Crippen molar-refractivity contribution in [1.29, 1.82) is 0 Å². The van der Waals surface area contributed by atoms with Crippen molar-refractivity contribution in [2.45, 2.75) is 49.3 Å². The molecule has 0 N–H and O–H groups in total. The quantitative estimate of drug-likeness (QED) is 0.493. The van der Waals surface area contributed by atoms with E-state index in [0.717, 1.165) is 27.9 Å². The summed E-state index contributed by atoms with van der Waals surface area (Å²) in [4.78, 5) is 4.63. The van der Waals surface area contributed by atoms with E-state index in [2.05, 4.69) is 29.5 Å². The first-order valence-electron chi connectivity index (χ1n) is 8.69. The van der Waals surface area contributed by atoms with Gasteiger partial charge in [-0.15, -0.1) is 0 Å². The summed E-state index contributed by atoms with van der Waals surface area (Å²) in [5.74, 6) is 0.274. The molecule has 0 amide bonds. The molecule has 0 saturated heterocycles. The SMILES string of the molecule is Cc1cc(C(C)C)c(Sc2cccc(C(F)(F)F)c2)n1Cc1ccncc1. The van der Waals surface area contributed by atoms with E-state index in [1.54, 1.807) is 18.5 Å². The molecule has 0 fully saturated rings. The molecule has 2 nitrogen and oxygen atoms in total. The highest BCUT2D eigenvalue weighted by molar-refractivity contribution is 7.99. The van der Waals surface area contributed by atoms with Gasteiger partial charge >= 0.3 is 6.18 Å². The molecular weight excluding hydrogens is 369 g/mol. The molecule has 0 spiro atoms. The van der Waals surface area contributed by atoms with E-state index in [0.29, 0.717) is 11.4 Å². The van der Waals surface area contributed by atoms with Gasteiger partial charge in [0, 0.05) is 29.5 Å². The molecule has 6 heteroatoms. The van der Waals surface area contributed by atoms with Crippen LogP contribution in [0.4, 0.5) is 13.2 Å². The first kappa shape index (κ1) is 19.5. The fourth-order valence-corrected chi connectivity index (χ4v) is 4.21. The van der Waals surface area contributed by atoms with Crippen LogP contribution in [0.2, 0.25) is 0 Å². The van der Waals surface area contributed by atoms with Crippen molar-refractivity contribution in [3.8, 4) is 0 Å². The Morgan fingerprint density at radius 1 is 1.07 bits per heavy atom. The third kappa shape index (κ3) is 4.56. The zero-order chi connectivity index (χ0) is 19.6. The average Bonchev–Trinajstić information content (AvgIpc) is 2.92. The van der Waals surface area contributed by atoms with Crippen LogP contribution in [0.3, 0.4) is 0 Å². The highest BCUT2D eigenvalue weighted by Crippen LogP contribution is 2.39. The lowest BCUT2D eigenvalue weighted by Gasteiger charge is -2.15. The average molecular weight is 390 g/mol. The zero-order valence-electron chi connectivity index (χ0n) is 15.4. The number of hydrogen-bond acceptors (Lipinski definition) is 2. The van der Waals surface area contributed by atoms with Crippen molar-refractivity contribution < 1.29 is 13.2 Å². The van der Waals surface area contributed by atoms with Gasteiger partial charge in [-0.25, -0.2) is 0 Å². The van der Waals surface area contributed by atoms with Gasteiger partial charge in [0.25, 0.3) is 0 Å². The molecule has 0 atom stereocenters. The van der Waals surface area contributed by atoms with E-state index in [1.807, 2.05) is 19.1 Å². The van der Waals surface area contributed by atoms with Crippen LogP contribution < -0.4 is 0 Å². The first-order valence-corrected chi connectivity index (χ1v) is 9.51. The lowest BCUT2D eigenvalue weighted by atomic mass is 10.1. The first-order chi connectivity index (χ1) is 12.8. The van der Waals surface area contributed by atoms with Crippen LogP contribution in [0.5, 0.6) is 0 Å². The second-order valence-corrected chi connectivity index (χ2v) is 7.83. The van der Waals surface area contributed by atoms with E-state index in [1.165, 1.54) is 23.9 Å². The molecule has 0 saturated carbocycles. The number of halogens is 3. The van der Waals surface area contributed by atoms with Crippen molar-refractivity contribution in [2.24, 2.45) is 0 Å². The zero-order valence-corrected chi connectivity index (χ0v) is 16.2. The number of hydrogen-bond donors (Lipinski definition) is 0. The maximum atomic E-state index is 13.1. The van der Waals surface area contributed by atoms with E-state index < -0.39 is 11.7 Å². The smallest absolute Gasteiger partial charge is 0.335 e. The summed E-state index contributed by atoms with van der Waals surface area (Å²) in [6, 6.07) is 11.5. The molecule has 3 rings (SSSR count). The van der Waals surface area contributed by atoms with Gasteiger partial charge in [-0.1, -0.05) is 31.7 Å². The monoisotopic (exact) mass is 390 g/mol. The number of aromatic nitrogens is 2. The summed E-state index contributed by atoms with van der Waals surface area (Å²) >= 11 is 1.39. The van der Waals surface area contributed by atoms with Crippen molar-refractivity contribution >= 4 is 11.8 Å². The number of benzene rings is 1. The Balaban J connectivity index is 2.01. The molecule has 1 aromatic carbocycles. The number of pyridine rings is 1. The Bertz CT molecular complexity index is 915. The Labute approximate surface area is 161 Å². The molecule has 2 aromatic heterocycles. The van der Waals surface area contributed by atoms with Crippen LogP contribution in [0.25, 0.3) is 0 Å². The number of nitrogens with zero attached hydrogens (tertiary/aromatic N) is 2. The van der Waals surface area contributed by atoms with Gasteiger partial charge in [0.15, 0.2) is 0 Å². The minimum Gasteiger partial charge on any atom is -0.335 e. The third-order valence-corrected chi connectivity index (χ3v) is 5.51. The lowest BCUT2D eigenvalue weighted by molar-refractivity contribution is -0.137. The Morgan fingerprint density at radius 2 is 1.78 bits per heavy atom. The maximum absolute atomic E-state index is 13.1. The van der Waals surface area contributed by atoms with Crippen LogP contribution >= 0.6 is 11.8 Å². The van der Waals surface area contributed by atoms with Gasteiger partial charge in [-0.3, -0.25) is 4.98 Å². The van der Waals surface area contributed by atoms with Crippen LogP contribution in [0, 0.1) is 6.92 Å². The topological polar surface area (TPSA) is 17.8 Å². The normalized spacial score (nSPS) is 12.0. The van der Waals surface area contributed by atoms with Gasteiger partial charge < -0.3 is 4.57 Å². The summed E-state index contributed by atoms with van der Waals surface area (Å²) < 4.78 is 41.4. The molecule has 0 bridgehead atoms. The van der Waals surface area contributed by atoms with Crippen LogP contribution in [0.15, 0.2) is 64.8 Å². The van der Waals surface area contributed by atoms with Gasteiger partial charge in [0.2, 0.25) is 0 Å². The summed E-state index contributed by atoms with van der Waals surface area (Å²) in [5, 5.41) is 0.985. The van der Waals surface area contributed by atoms with E-state index in [-0.39, 0.29) is 5.92 Å². The molecule has 0 aliphatic carbocycles. The molecule has 0 aliphatic rings. The third-order valence-electron chi connectivity index (χ3n) is 4.37. The van der Waals surface area contributed by atoms with Gasteiger partial charge in [0.05, 0.1) is 10.6 Å². The minimum atomic E-state index is -4.34. The maximum Gasteiger partial charge on any atom is 0.416 e. The second kappa shape index (κ2) is 7.80. The number of rotatable bonds is 5. The molecule has 0 aliphatic heterocycles. The van der Waals surface area contributed by atoms with Gasteiger partial charge in [-0.2, -0.15) is 13.2 Å². The van der Waals surface area contributed by atoms with E-state index >= 15 is 0 Å². The molecule has 0 unspecified atom stereocenters. The minimum absolute atomic E-state index is 0.274. The highest BCUT2D eigenvalue weighted by Gasteiger charge is 2.30. The fourth-order valence-electron chi connectivity index (χ4n) is 2.92. The Kier molecular flexibility index (Phi) is 5.65. The van der Waals surface area contributed by atoms with Crippen LogP contribution in [0.1, 0.15) is 42.1 Å². The molecule has 3 aromatic rings. The van der Waals surface area contributed by atoms with E-state index in [9.17, 15) is 13.2 Å². The molecule has 0 radical (unpaired) electrons. The van der Waals surface area contributed by atoms with E-state index in [4.69, 9.17) is 0 Å². The molecule has 142 valence electrons. The predicted octanol–water partition coefficient (Wildman–Crippen LogP) is 6.53. The Morgan fingerprint density at radius 3 is 2.41 bits per heavy atom. The summed E-state index contributed by atoms with van der Waals surface area (Å²) in [6.45, 7) is 6.88. The number of alkyl halides is 3. The molecule has 27 heavy (non-hydrogen) atoms. The van der Waals surface area contributed by atoms with Crippen molar-refractivity contribution in [1.82, 2.24) is 9.55 Å². The van der Waals surface area contributed by atoms with Gasteiger partial charge in [-0.05, 0) is 60.4 Å². The predicted molar refractivity (Wildman–Crippen MR) is 102 cm³/mol.